The van der Waals surface area contributed by atoms with Crippen molar-refractivity contribution in [3.63, 3.8) is 0 Å². The number of esters is 1. The van der Waals surface area contributed by atoms with Crippen molar-refractivity contribution in [2.45, 2.75) is 16.7 Å². The number of pyridine rings is 1. The highest BCUT2D eigenvalue weighted by Crippen LogP contribution is 2.33. The summed E-state index contributed by atoms with van der Waals surface area (Å²) < 4.78 is 4.98. The summed E-state index contributed by atoms with van der Waals surface area (Å²) in [6.07, 6.45) is 3.43. The summed E-state index contributed by atoms with van der Waals surface area (Å²) >= 11 is 1.49. The quantitative estimate of drug-likeness (QED) is 0.686. The molecule has 1 aromatic carbocycles. The Morgan fingerprint density at radius 2 is 2.05 bits per heavy atom. The molecule has 1 heterocycles. The fourth-order valence-corrected chi connectivity index (χ4v) is 2.43. The Balaban J connectivity index is 2.27. The maximum Gasteiger partial charge on any atom is 0.340 e. The van der Waals surface area contributed by atoms with Crippen LogP contribution >= 0.6 is 11.8 Å². The number of ether oxygens (including phenoxy) is 1. The second-order valence-electron chi connectivity index (χ2n) is 3.72. The van der Waals surface area contributed by atoms with Crippen LogP contribution < -0.4 is 5.73 Å². The highest BCUT2D eigenvalue weighted by atomic mass is 32.2. The molecule has 0 atom stereocenters. The molecule has 4 nitrogen and oxygen atoms in total. The van der Waals surface area contributed by atoms with E-state index in [9.17, 15) is 4.79 Å². The summed E-state index contributed by atoms with van der Waals surface area (Å²) in [5, 5.41) is 0. The Bertz CT molecular complexity index is 573. The molecule has 2 aromatic rings. The van der Waals surface area contributed by atoms with E-state index in [1.54, 1.807) is 31.5 Å². The Hall–Kier alpha value is -2.01. The van der Waals surface area contributed by atoms with E-state index in [0.29, 0.717) is 17.9 Å². The van der Waals surface area contributed by atoms with Crippen molar-refractivity contribution in [1.82, 2.24) is 4.98 Å². The predicted molar refractivity (Wildman–Crippen MR) is 75.2 cm³/mol. The lowest BCUT2D eigenvalue weighted by Crippen LogP contribution is -2.08. The number of benzene rings is 1. The van der Waals surface area contributed by atoms with Crippen LogP contribution in [0.4, 0.5) is 5.69 Å². The monoisotopic (exact) mass is 274 g/mol. The Morgan fingerprint density at radius 1 is 1.32 bits per heavy atom. The second-order valence-corrected chi connectivity index (χ2v) is 4.84. The van der Waals surface area contributed by atoms with Crippen LogP contribution in [0.15, 0.2) is 52.5 Å². The molecular formula is C14H14N2O2S. The summed E-state index contributed by atoms with van der Waals surface area (Å²) in [5.74, 6) is -0.392. The molecule has 5 heteroatoms. The van der Waals surface area contributed by atoms with Gasteiger partial charge in [0.15, 0.2) is 0 Å². The van der Waals surface area contributed by atoms with Gasteiger partial charge in [0.2, 0.25) is 0 Å². The molecule has 0 amide bonds. The molecule has 98 valence electrons. The molecule has 2 N–H and O–H groups in total. The van der Waals surface area contributed by atoms with E-state index >= 15 is 0 Å². The number of hydrogen-bond acceptors (Lipinski definition) is 5. The third-order valence-electron chi connectivity index (χ3n) is 2.44. The van der Waals surface area contributed by atoms with Gasteiger partial charge >= 0.3 is 5.97 Å². The Morgan fingerprint density at radius 3 is 2.74 bits per heavy atom. The van der Waals surface area contributed by atoms with Gasteiger partial charge in [0.25, 0.3) is 0 Å². The highest BCUT2D eigenvalue weighted by Gasteiger charge is 2.13. The largest absolute Gasteiger partial charge is 0.462 e. The summed E-state index contributed by atoms with van der Waals surface area (Å²) in [7, 11) is 0. The molecular weight excluding hydrogens is 260 g/mol. The van der Waals surface area contributed by atoms with Crippen molar-refractivity contribution < 1.29 is 9.53 Å². The van der Waals surface area contributed by atoms with Gasteiger partial charge in [-0.15, -0.1) is 0 Å². The standard InChI is InChI=1S/C14H14N2O2S/c1-2-18-14(17)11-4-3-5-12(13(11)15)19-10-6-8-16-9-7-10/h3-9H,2,15H2,1H3. The van der Waals surface area contributed by atoms with Gasteiger partial charge in [-0.25, -0.2) is 4.79 Å². The van der Waals surface area contributed by atoms with Crippen LogP contribution in [0.25, 0.3) is 0 Å². The Kier molecular flexibility index (Phi) is 4.41. The van der Waals surface area contributed by atoms with Gasteiger partial charge in [-0.05, 0) is 31.2 Å². The zero-order chi connectivity index (χ0) is 13.7. The van der Waals surface area contributed by atoms with E-state index in [1.165, 1.54) is 11.8 Å². The van der Waals surface area contributed by atoms with Crippen molar-refractivity contribution in [3.8, 4) is 0 Å². The number of nitrogens with zero attached hydrogens (tertiary/aromatic N) is 1. The van der Waals surface area contributed by atoms with Crippen LogP contribution in [0, 0.1) is 0 Å². The smallest absolute Gasteiger partial charge is 0.340 e. The molecule has 0 unspecified atom stereocenters. The highest BCUT2D eigenvalue weighted by molar-refractivity contribution is 7.99. The predicted octanol–water partition coefficient (Wildman–Crippen LogP) is 2.99. The lowest BCUT2D eigenvalue weighted by molar-refractivity contribution is 0.0527. The van der Waals surface area contributed by atoms with Gasteiger partial charge in [0, 0.05) is 22.2 Å². The molecule has 0 bridgehead atoms. The van der Waals surface area contributed by atoms with Crippen LogP contribution in [0.3, 0.4) is 0 Å². The van der Waals surface area contributed by atoms with E-state index < -0.39 is 5.97 Å². The Labute approximate surface area is 116 Å². The molecule has 1 aromatic heterocycles. The molecule has 19 heavy (non-hydrogen) atoms. The van der Waals surface area contributed by atoms with Crippen LogP contribution in [0.2, 0.25) is 0 Å². The summed E-state index contributed by atoms with van der Waals surface area (Å²) in [5.41, 5.74) is 6.88. The first-order chi connectivity index (χ1) is 9.22. The van der Waals surface area contributed by atoms with Crippen LogP contribution in [0.1, 0.15) is 17.3 Å². The van der Waals surface area contributed by atoms with Crippen molar-refractivity contribution in [2.75, 3.05) is 12.3 Å². The van der Waals surface area contributed by atoms with Crippen molar-refractivity contribution in [1.29, 1.82) is 0 Å². The minimum atomic E-state index is -0.392. The average molecular weight is 274 g/mol. The number of aromatic nitrogens is 1. The van der Waals surface area contributed by atoms with E-state index in [-0.39, 0.29) is 0 Å². The fraction of sp³-hybridized carbons (Fsp3) is 0.143. The van der Waals surface area contributed by atoms with Gasteiger partial charge in [0.1, 0.15) is 0 Å². The molecule has 0 aliphatic rings. The summed E-state index contributed by atoms with van der Waals surface area (Å²) in [6, 6.07) is 9.13. The van der Waals surface area contributed by atoms with Crippen molar-refractivity contribution in [2.24, 2.45) is 0 Å². The van der Waals surface area contributed by atoms with Crippen LogP contribution in [-0.2, 0) is 4.74 Å². The molecule has 0 radical (unpaired) electrons. The summed E-state index contributed by atoms with van der Waals surface area (Å²) in [6.45, 7) is 2.10. The first kappa shape index (κ1) is 13.4. The van der Waals surface area contributed by atoms with Gasteiger partial charge in [-0.1, -0.05) is 17.8 Å². The second kappa shape index (κ2) is 6.24. The van der Waals surface area contributed by atoms with E-state index in [1.807, 2.05) is 18.2 Å². The number of rotatable bonds is 4. The zero-order valence-electron chi connectivity index (χ0n) is 10.5. The maximum atomic E-state index is 11.7. The van der Waals surface area contributed by atoms with E-state index in [4.69, 9.17) is 10.5 Å². The average Bonchev–Trinajstić information content (AvgIpc) is 2.42. The first-order valence-electron chi connectivity index (χ1n) is 5.86. The SMILES string of the molecule is CCOC(=O)c1cccc(Sc2ccncc2)c1N. The first-order valence-corrected chi connectivity index (χ1v) is 6.67. The maximum absolute atomic E-state index is 11.7. The van der Waals surface area contributed by atoms with Crippen LogP contribution in [0.5, 0.6) is 0 Å². The molecule has 0 spiro atoms. The third kappa shape index (κ3) is 3.26. The number of hydrogen-bond donors (Lipinski definition) is 1. The number of carbonyl (C=O) groups excluding carboxylic acids is 1. The zero-order valence-corrected chi connectivity index (χ0v) is 11.3. The number of carbonyl (C=O) groups is 1. The lowest BCUT2D eigenvalue weighted by atomic mass is 10.2. The number of anilines is 1. The topological polar surface area (TPSA) is 65.2 Å². The molecule has 0 fully saturated rings. The van der Waals surface area contributed by atoms with Crippen molar-refractivity contribution in [3.05, 3.63) is 48.3 Å². The minimum absolute atomic E-state index is 0.333. The number of nitrogens with two attached hydrogens (primary N) is 1. The normalized spacial score (nSPS) is 10.2. The van der Waals surface area contributed by atoms with Gasteiger partial charge < -0.3 is 10.5 Å². The molecule has 2 rings (SSSR count). The lowest BCUT2D eigenvalue weighted by Gasteiger charge is -2.09. The molecule has 0 saturated carbocycles. The number of nitrogen functional groups attached to an aromatic ring is 1. The van der Waals surface area contributed by atoms with Crippen molar-refractivity contribution >= 4 is 23.4 Å². The minimum Gasteiger partial charge on any atom is -0.462 e. The fourth-order valence-electron chi connectivity index (χ4n) is 1.55. The molecule has 0 aliphatic heterocycles. The van der Waals surface area contributed by atoms with Gasteiger partial charge in [-0.2, -0.15) is 0 Å². The summed E-state index contributed by atoms with van der Waals surface area (Å²) in [4.78, 5) is 17.6. The third-order valence-corrected chi connectivity index (χ3v) is 3.52. The van der Waals surface area contributed by atoms with E-state index in [0.717, 1.165) is 9.79 Å². The molecule has 0 aliphatic carbocycles. The van der Waals surface area contributed by atoms with Crippen LogP contribution in [-0.4, -0.2) is 17.6 Å². The van der Waals surface area contributed by atoms with E-state index in [2.05, 4.69) is 4.98 Å². The van der Waals surface area contributed by atoms with Gasteiger partial charge in [-0.3, -0.25) is 4.98 Å². The number of para-hydroxylation sites is 1. The van der Waals surface area contributed by atoms with Gasteiger partial charge in [0.05, 0.1) is 17.9 Å². The molecule has 0 saturated heterocycles.